The lowest BCUT2D eigenvalue weighted by Crippen LogP contribution is -2.05. The lowest BCUT2D eigenvalue weighted by molar-refractivity contribution is 0.760. The Bertz CT molecular complexity index is 1580. The van der Waals surface area contributed by atoms with Gasteiger partial charge in [-0.05, 0) is 103 Å². The molecule has 0 heterocycles. The summed E-state index contributed by atoms with van der Waals surface area (Å²) >= 11 is 0. The van der Waals surface area contributed by atoms with Crippen molar-refractivity contribution in [3.63, 3.8) is 0 Å². The molecule has 0 fully saturated rings. The predicted molar refractivity (Wildman–Crippen MR) is 165 cm³/mol. The van der Waals surface area contributed by atoms with Crippen LogP contribution in [0, 0.1) is 0 Å². The molecule has 0 saturated carbocycles. The van der Waals surface area contributed by atoms with Crippen molar-refractivity contribution >= 4 is 22.9 Å². The smallest absolute Gasteiger partial charge is 0.00109 e. The normalized spacial score (nSPS) is 12.5. The monoisotopic (exact) mass is 490 g/mol. The summed E-state index contributed by atoms with van der Waals surface area (Å²) in [5.41, 5.74) is 17.2. The summed E-state index contributed by atoms with van der Waals surface area (Å²) in [6, 6.07) is 31.9. The second-order valence-corrected chi connectivity index (χ2v) is 10.9. The lowest BCUT2D eigenvalue weighted by Gasteiger charge is -2.26. The van der Waals surface area contributed by atoms with E-state index in [2.05, 4.69) is 111 Å². The molecule has 0 aliphatic heterocycles. The van der Waals surface area contributed by atoms with Gasteiger partial charge >= 0.3 is 0 Å². The molecule has 38 heavy (non-hydrogen) atoms. The highest BCUT2D eigenvalue weighted by Crippen LogP contribution is 2.58. The van der Waals surface area contributed by atoms with Crippen molar-refractivity contribution in [3.05, 3.63) is 107 Å². The van der Waals surface area contributed by atoms with Crippen molar-refractivity contribution < 1.29 is 0 Å². The summed E-state index contributed by atoms with van der Waals surface area (Å²) in [4.78, 5) is 0. The van der Waals surface area contributed by atoms with Crippen molar-refractivity contribution in [1.82, 2.24) is 0 Å². The van der Waals surface area contributed by atoms with Gasteiger partial charge in [0.05, 0.1) is 0 Å². The summed E-state index contributed by atoms with van der Waals surface area (Å²) < 4.78 is 0. The van der Waals surface area contributed by atoms with Crippen molar-refractivity contribution in [2.75, 3.05) is 0 Å². The topological polar surface area (TPSA) is 0 Å². The molecular weight excluding hydrogens is 456 g/mol. The highest BCUT2D eigenvalue weighted by Gasteiger charge is 2.33. The Morgan fingerprint density at radius 1 is 0.447 bits per heavy atom. The quantitative estimate of drug-likeness (QED) is 0.199. The van der Waals surface area contributed by atoms with Gasteiger partial charge in [-0.1, -0.05) is 124 Å². The first kappa shape index (κ1) is 23.2. The maximum absolute atomic E-state index is 2.41. The Morgan fingerprint density at radius 2 is 0.895 bits per heavy atom. The molecule has 5 aromatic carbocycles. The zero-order valence-electron chi connectivity index (χ0n) is 22.5. The molecule has 0 spiro atoms. The second kappa shape index (κ2) is 9.44. The van der Waals surface area contributed by atoms with E-state index in [0.29, 0.717) is 0 Å². The van der Waals surface area contributed by atoms with Crippen LogP contribution >= 0.6 is 0 Å². The first-order valence-corrected chi connectivity index (χ1v) is 14.4. The van der Waals surface area contributed by atoms with Crippen LogP contribution < -0.4 is 0 Å². The molecule has 5 aromatic rings. The number of fused-ring (bicyclic) bond motifs is 3. The highest BCUT2D eigenvalue weighted by molar-refractivity contribution is 6.25. The molecule has 0 nitrogen and oxygen atoms in total. The van der Waals surface area contributed by atoms with Crippen molar-refractivity contribution in [2.45, 2.75) is 52.4 Å². The van der Waals surface area contributed by atoms with E-state index in [1.165, 1.54) is 92.1 Å². The highest BCUT2D eigenvalue weighted by atomic mass is 14.4. The van der Waals surface area contributed by atoms with E-state index < -0.39 is 0 Å². The second-order valence-electron chi connectivity index (χ2n) is 10.9. The molecule has 7 rings (SSSR count). The zero-order valence-corrected chi connectivity index (χ0v) is 22.5. The molecule has 0 atom stereocenters. The van der Waals surface area contributed by atoms with Crippen LogP contribution in [0.5, 0.6) is 0 Å². The van der Waals surface area contributed by atoms with Crippen molar-refractivity contribution in [1.29, 1.82) is 0 Å². The molecule has 2 aliphatic carbocycles. The molecule has 186 valence electrons. The molecule has 0 heteroatoms. The summed E-state index contributed by atoms with van der Waals surface area (Å²) in [7, 11) is 0. The van der Waals surface area contributed by atoms with Crippen LogP contribution in [0.15, 0.2) is 84.9 Å². The number of rotatable bonds is 8. The number of unbranched alkanes of at least 4 members (excludes halogenated alkanes) is 2. The third-order valence-electron chi connectivity index (χ3n) is 8.61. The summed E-state index contributed by atoms with van der Waals surface area (Å²) in [6.07, 6.45) is 11.6. The summed E-state index contributed by atoms with van der Waals surface area (Å²) in [5, 5.41) is 2.88. The fourth-order valence-corrected chi connectivity index (χ4v) is 6.92. The van der Waals surface area contributed by atoms with Crippen LogP contribution in [0.25, 0.3) is 67.4 Å². The maximum atomic E-state index is 2.41. The lowest BCUT2D eigenvalue weighted by atomic mass is 9.78. The van der Waals surface area contributed by atoms with E-state index >= 15 is 0 Å². The molecule has 2 aliphatic rings. The van der Waals surface area contributed by atoms with Gasteiger partial charge in [-0.2, -0.15) is 0 Å². The summed E-state index contributed by atoms with van der Waals surface area (Å²) in [5.74, 6) is 0. The Kier molecular flexibility index (Phi) is 5.77. The minimum Gasteiger partial charge on any atom is -0.0654 e. The van der Waals surface area contributed by atoms with Crippen molar-refractivity contribution in [2.24, 2.45) is 0 Å². The Morgan fingerprint density at radius 3 is 1.32 bits per heavy atom. The molecular formula is C38H34. The van der Waals surface area contributed by atoms with Crippen LogP contribution in [0.3, 0.4) is 0 Å². The van der Waals surface area contributed by atoms with Crippen molar-refractivity contribution in [3.8, 4) is 44.5 Å². The van der Waals surface area contributed by atoms with Crippen LogP contribution in [0.2, 0.25) is 0 Å². The summed E-state index contributed by atoms with van der Waals surface area (Å²) in [6.45, 7) is 4.64. The third kappa shape index (κ3) is 3.43. The van der Waals surface area contributed by atoms with E-state index in [9.17, 15) is 0 Å². The van der Waals surface area contributed by atoms with E-state index in [4.69, 9.17) is 0 Å². The van der Waals surface area contributed by atoms with E-state index in [0.717, 1.165) is 12.8 Å². The molecule has 0 radical (unpaired) electrons. The Balaban J connectivity index is 1.68. The minimum atomic E-state index is 1.12. The van der Waals surface area contributed by atoms with Gasteiger partial charge in [0, 0.05) is 0 Å². The van der Waals surface area contributed by atoms with E-state index in [1.807, 2.05) is 0 Å². The average molecular weight is 491 g/mol. The maximum Gasteiger partial charge on any atom is -0.00109 e. The van der Waals surface area contributed by atoms with Crippen LogP contribution in [0.4, 0.5) is 0 Å². The third-order valence-corrected chi connectivity index (χ3v) is 8.61. The SMILES string of the molecule is CCCCc1c(CCCC)c(-c2ccccc2)c2c(c1-c1ccccc1)-c1ccc3c4c(ccc-2c14)C=C3. The fourth-order valence-electron chi connectivity index (χ4n) is 6.92. The van der Waals surface area contributed by atoms with Gasteiger partial charge < -0.3 is 0 Å². The Hall–Kier alpha value is -3.90. The van der Waals surface area contributed by atoms with Gasteiger partial charge in [0.1, 0.15) is 0 Å². The van der Waals surface area contributed by atoms with Gasteiger partial charge in [0.15, 0.2) is 0 Å². The van der Waals surface area contributed by atoms with E-state index in [-0.39, 0.29) is 0 Å². The number of benzene rings is 5. The predicted octanol–water partition coefficient (Wildman–Crippen LogP) is 11.0. The molecule has 0 saturated heterocycles. The van der Waals surface area contributed by atoms with E-state index in [1.54, 1.807) is 11.1 Å². The first-order chi connectivity index (χ1) is 18.8. The van der Waals surface area contributed by atoms with Gasteiger partial charge in [-0.3, -0.25) is 0 Å². The van der Waals surface area contributed by atoms with Gasteiger partial charge in [0.25, 0.3) is 0 Å². The van der Waals surface area contributed by atoms with Gasteiger partial charge in [-0.25, -0.2) is 0 Å². The molecule has 0 amide bonds. The molecule has 0 bridgehead atoms. The first-order valence-electron chi connectivity index (χ1n) is 14.4. The Labute approximate surface area is 226 Å². The average Bonchev–Trinajstić information content (AvgIpc) is 3.53. The zero-order chi connectivity index (χ0) is 25.6. The van der Waals surface area contributed by atoms with Crippen LogP contribution in [0.1, 0.15) is 61.8 Å². The largest absolute Gasteiger partial charge is 0.0654 e. The standard InChI is InChI=1S/C38H34/c1-3-5-17-29-30(18-6-4-2)35(26-15-11-8-12-16-26)38-32-24-22-28-20-19-27-21-23-31(36(32)33(27)28)37(38)34(29)25-13-9-7-10-14-25/h7-16,19-24H,3-6,17-18H2,1-2H3. The molecule has 0 unspecified atom stereocenters. The minimum absolute atomic E-state index is 1.12. The van der Waals surface area contributed by atoms with Gasteiger partial charge in [-0.15, -0.1) is 0 Å². The fraction of sp³-hybridized carbons (Fsp3) is 0.211. The number of hydrogen-bond donors (Lipinski definition) is 0. The number of hydrogen-bond acceptors (Lipinski definition) is 0. The van der Waals surface area contributed by atoms with Crippen LogP contribution in [-0.2, 0) is 12.8 Å². The van der Waals surface area contributed by atoms with Gasteiger partial charge in [0.2, 0.25) is 0 Å². The molecule has 0 N–H and O–H groups in total. The van der Waals surface area contributed by atoms with Crippen LogP contribution in [-0.4, -0.2) is 0 Å². The molecule has 0 aromatic heterocycles.